The summed E-state index contributed by atoms with van der Waals surface area (Å²) < 4.78 is 0. The number of pyridine rings is 1. The Bertz CT molecular complexity index is 683. The van der Waals surface area contributed by atoms with Gasteiger partial charge in [-0.15, -0.1) is 0 Å². The molecule has 2 aromatic rings. The van der Waals surface area contributed by atoms with E-state index in [4.69, 9.17) is 0 Å². The first kappa shape index (κ1) is 13.8. The van der Waals surface area contributed by atoms with Crippen molar-refractivity contribution in [3.63, 3.8) is 0 Å². The number of anilines is 2. The molecule has 0 saturated carbocycles. The van der Waals surface area contributed by atoms with Crippen molar-refractivity contribution in [2.45, 2.75) is 6.54 Å². The fraction of sp³-hybridized carbons (Fsp3) is 0.400. The van der Waals surface area contributed by atoms with Crippen LogP contribution in [0.3, 0.4) is 0 Å². The smallest absolute Gasteiger partial charge is 0.253 e. The number of rotatable bonds is 4. The molecular formula is C15H18N4O2. The van der Waals surface area contributed by atoms with Gasteiger partial charge in [0, 0.05) is 32.4 Å². The molecule has 6 heteroatoms. The second-order valence-electron chi connectivity index (χ2n) is 5.35. The van der Waals surface area contributed by atoms with Crippen molar-refractivity contribution < 1.29 is 0 Å². The number of piperazine rings is 1. The van der Waals surface area contributed by atoms with Crippen molar-refractivity contribution in [2.75, 3.05) is 43.4 Å². The highest BCUT2D eigenvalue weighted by atomic mass is 16.2. The largest absolute Gasteiger partial charge is 0.374 e. The summed E-state index contributed by atoms with van der Waals surface area (Å²) in [4.78, 5) is 32.0. The molecule has 110 valence electrons. The molecule has 0 atom stereocenters. The Morgan fingerprint density at radius 1 is 1.14 bits per heavy atom. The Labute approximate surface area is 122 Å². The highest BCUT2D eigenvalue weighted by Gasteiger charge is 2.27. The molecule has 1 aromatic heterocycles. The summed E-state index contributed by atoms with van der Waals surface area (Å²) in [5.41, 5.74) is 1.04. The van der Waals surface area contributed by atoms with E-state index in [1.807, 2.05) is 23.1 Å². The highest BCUT2D eigenvalue weighted by Crippen LogP contribution is 2.21. The quantitative estimate of drug-likeness (QED) is 0.801. The molecule has 3 rings (SSSR count). The Kier molecular flexibility index (Phi) is 3.70. The van der Waals surface area contributed by atoms with Crippen LogP contribution in [0.25, 0.3) is 0 Å². The summed E-state index contributed by atoms with van der Waals surface area (Å²) in [7, 11) is 2.06. The molecule has 1 N–H and O–H groups in total. The van der Waals surface area contributed by atoms with Crippen LogP contribution >= 0.6 is 0 Å². The molecule has 0 amide bonds. The first-order valence-electron chi connectivity index (χ1n) is 7.07. The minimum absolute atomic E-state index is 0.372. The zero-order valence-corrected chi connectivity index (χ0v) is 12.0. The van der Waals surface area contributed by atoms with E-state index < -0.39 is 5.43 Å². The summed E-state index contributed by atoms with van der Waals surface area (Å²) in [6.45, 7) is 3.81. The third-order valence-electron chi connectivity index (χ3n) is 3.88. The van der Waals surface area contributed by atoms with Gasteiger partial charge in [-0.1, -0.05) is 6.07 Å². The number of nitrogens with one attached hydrogen (secondary N) is 1. The molecular weight excluding hydrogens is 268 g/mol. The van der Waals surface area contributed by atoms with Crippen molar-refractivity contribution >= 4 is 11.4 Å². The van der Waals surface area contributed by atoms with E-state index in [0.717, 1.165) is 31.9 Å². The summed E-state index contributed by atoms with van der Waals surface area (Å²) in [6.07, 6.45) is 1.71. The topological polar surface area (TPSA) is 65.5 Å². The summed E-state index contributed by atoms with van der Waals surface area (Å²) in [6, 6.07) is 5.62. The van der Waals surface area contributed by atoms with E-state index in [-0.39, 0.29) is 5.43 Å². The maximum atomic E-state index is 11.8. The first-order chi connectivity index (χ1) is 10.2. The van der Waals surface area contributed by atoms with Gasteiger partial charge in [0.1, 0.15) is 11.4 Å². The molecule has 0 bridgehead atoms. The average Bonchev–Trinajstić information content (AvgIpc) is 2.53. The summed E-state index contributed by atoms with van der Waals surface area (Å²) >= 11 is 0. The lowest BCUT2D eigenvalue weighted by Gasteiger charge is -2.35. The minimum atomic E-state index is -0.417. The van der Waals surface area contributed by atoms with Gasteiger partial charge in [0.15, 0.2) is 0 Å². The normalized spacial score (nSPS) is 16.3. The van der Waals surface area contributed by atoms with Gasteiger partial charge in [0.2, 0.25) is 0 Å². The van der Waals surface area contributed by atoms with E-state index in [9.17, 15) is 9.59 Å². The van der Waals surface area contributed by atoms with Crippen LogP contribution in [0.1, 0.15) is 5.69 Å². The molecule has 1 aromatic carbocycles. The lowest BCUT2D eigenvalue weighted by molar-refractivity contribution is 0.312. The van der Waals surface area contributed by atoms with Crippen molar-refractivity contribution in [2.24, 2.45) is 0 Å². The van der Waals surface area contributed by atoms with Crippen molar-refractivity contribution in [3.05, 3.63) is 50.5 Å². The molecule has 0 unspecified atom stereocenters. The number of likely N-dealkylation sites (N-methyl/N-ethyl adjacent to an activating group) is 1. The Morgan fingerprint density at radius 2 is 1.90 bits per heavy atom. The number of aromatic nitrogens is 1. The zero-order valence-electron chi connectivity index (χ0n) is 12.0. The van der Waals surface area contributed by atoms with E-state index in [2.05, 4.69) is 22.2 Å². The fourth-order valence-electron chi connectivity index (χ4n) is 2.56. The van der Waals surface area contributed by atoms with Crippen LogP contribution < -0.4 is 21.1 Å². The van der Waals surface area contributed by atoms with Crippen LogP contribution in [-0.4, -0.2) is 43.1 Å². The van der Waals surface area contributed by atoms with Gasteiger partial charge in [-0.2, -0.15) is 0 Å². The third-order valence-corrected chi connectivity index (χ3v) is 3.88. The number of hydrogen-bond donors (Lipinski definition) is 1. The molecule has 0 spiro atoms. The molecule has 2 heterocycles. The van der Waals surface area contributed by atoms with Gasteiger partial charge in [-0.3, -0.25) is 14.6 Å². The number of nitrogens with zero attached hydrogens (tertiary/aromatic N) is 3. The molecule has 0 radical (unpaired) electrons. The lowest BCUT2D eigenvalue weighted by atomic mass is 10.1. The molecule has 1 aliphatic heterocycles. The third kappa shape index (κ3) is 2.67. The van der Waals surface area contributed by atoms with Crippen LogP contribution in [0, 0.1) is 0 Å². The zero-order chi connectivity index (χ0) is 14.8. The van der Waals surface area contributed by atoms with Gasteiger partial charge in [0.05, 0.1) is 12.2 Å². The number of hydrogen-bond acceptors (Lipinski definition) is 6. The van der Waals surface area contributed by atoms with E-state index in [1.165, 1.54) is 0 Å². The Hall–Kier alpha value is -2.21. The molecule has 6 nitrogen and oxygen atoms in total. The predicted molar refractivity (Wildman–Crippen MR) is 82.6 cm³/mol. The summed E-state index contributed by atoms with van der Waals surface area (Å²) in [5, 5.41) is 3.07. The van der Waals surface area contributed by atoms with Crippen LogP contribution in [0.2, 0.25) is 0 Å². The fourth-order valence-corrected chi connectivity index (χ4v) is 2.56. The van der Waals surface area contributed by atoms with Crippen molar-refractivity contribution in [3.8, 4) is 0 Å². The SMILES string of the molecule is CN1CCN(c2c(NCc3ccccn3)c(=O)c2=O)CC1. The Morgan fingerprint density at radius 3 is 2.57 bits per heavy atom. The van der Waals surface area contributed by atoms with Crippen LogP contribution in [-0.2, 0) is 6.54 Å². The maximum absolute atomic E-state index is 11.8. The second kappa shape index (κ2) is 5.65. The van der Waals surface area contributed by atoms with Crippen molar-refractivity contribution in [1.82, 2.24) is 9.88 Å². The predicted octanol–water partition coefficient (Wildman–Crippen LogP) is 0.0415. The monoisotopic (exact) mass is 286 g/mol. The van der Waals surface area contributed by atoms with Gasteiger partial charge in [-0.25, -0.2) is 0 Å². The second-order valence-corrected chi connectivity index (χ2v) is 5.35. The minimum Gasteiger partial charge on any atom is -0.374 e. The molecule has 0 aliphatic carbocycles. The highest BCUT2D eigenvalue weighted by molar-refractivity contribution is 5.75. The Balaban J connectivity index is 1.73. The van der Waals surface area contributed by atoms with E-state index in [1.54, 1.807) is 6.20 Å². The van der Waals surface area contributed by atoms with Crippen LogP contribution in [0.15, 0.2) is 34.0 Å². The first-order valence-corrected chi connectivity index (χ1v) is 7.07. The molecule has 1 aliphatic rings. The maximum Gasteiger partial charge on any atom is 0.253 e. The van der Waals surface area contributed by atoms with Gasteiger partial charge in [0.25, 0.3) is 10.9 Å². The lowest BCUT2D eigenvalue weighted by Crippen LogP contribution is -2.50. The van der Waals surface area contributed by atoms with Crippen molar-refractivity contribution in [1.29, 1.82) is 0 Å². The van der Waals surface area contributed by atoms with Gasteiger partial charge >= 0.3 is 0 Å². The standard InChI is InChI=1S/C15H18N4O2/c1-18-6-8-19(9-7-18)13-12(14(20)15(13)21)17-10-11-4-2-3-5-16-11/h2-5,17H,6-10H2,1H3. The average molecular weight is 286 g/mol. The molecule has 1 saturated heterocycles. The van der Waals surface area contributed by atoms with Gasteiger partial charge in [-0.05, 0) is 19.2 Å². The van der Waals surface area contributed by atoms with Crippen LogP contribution in [0.5, 0.6) is 0 Å². The van der Waals surface area contributed by atoms with Gasteiger partial charge < -0.3 is 15.1 Å². The van der Waals surface area contributed by atoms with Crippen LogP contribution in [0.4, 0.5) is 11.4 Å². The summed E-state index contributed by atoms with van der Waals surface area (Å²) in [5.74, 6) is 0. The van der Waals surface area contributed by atoms with E-state index >= 15 is 0 Å². The molecule has 21 heavy (non-hydrogen) atoms. The molecule has 1 fully saturated rings. The van der Waals surface area contributed by atoms with E-state index in [0.29, 0.717) is 17.9 Å².